The summed E-state index contributed by atoms with van der Waals surface area (Å²) in [5.41, 5.74) is 1.39. The molecule has 0 unspecified atom stereocenters. The third-order valence-corrected chi connectivity index (χ3v) is 1.59. The van der Waals surface area contributed by atoms with Gasteiger partial charge in [-0.3, -0.25) is 0 Å². The highest BCUT2D eigenvalue weighted by molar-refractivity contribution is 4.95. The van der Waals surface area contributed by atoms with Gasteiger partial charge in [-0.05, 0) is 24.3 Å². The quantitative estimate of drug-likeness (QED) is 0.554. The second-order valence-electron chi connectivity index (χ2n) is 3.21. The summed E-state index contributed by atoms with van der Waals surface area (Å²) >= 11 is 0. The molecule has 0 saturated carbocycles. The van der Waals surface area contributed by atoms with Gasteiger partial charge < -0.3 is 4.74 Å². The van der Waals surface area contributed by atoms with Crippen LogP contribution >= 0.6 is 0 Å². The molecule has 0 heterocycles. The lowest BCUT2D eigenvalue weighted by atomic mass is 10.2. The average molecular weight is 156 g/mol. The molecule has 1 nitrogen and oxygen atoms in total. The molecule has 0 atom stereocenters. The van der Waals surface area contributed by atoms with Crippen LogP contribution in [0.15, 0.2) is 11.8 Å². The first kappa shape index (κ1) is 10.5. The van der Waals surface area contributed by atoms with Crippen molar-refractivity contribution in [3.8, 4) is 0 Å². The molecule has 66 valence electrons. The van der Waals surface area contributed by atoms with Crippen molar-refractivity contribution in [2.45, 2.75) is 40.5 Å². The lowest BCUT2D eigenvalue weighted by Crippen LogP contribution is -1.97. The molecular formula is C10H20O. The molecule has 0 aromatic carbocycles. The fourth-order valence-electron chi connectivity index (χ4n) is 0.775. The molecule has 0 radical (unpaired) electrons. The number of rotatable bonds is 5. The predicted octanol–water partition coefficient (Wildman–Crippen LogP) is 3.36. The molecule has 0 aromatic heterocycles. The van der Waals surface area contributed by atoms with Gasteiger partial charge in [-0.1, -0.05) is 27.7 Å². The van der Waals surface area contributed by atoms with E-state index < -0.39 is 0 Å². The van der Waals surface area contributed by atoms with Gasteiger partial charge in [-0.15, -0.1) is 0 Å². The summed E-state index contributed by atoms with van der Waals surface area (Å²) < 4.78 is 5.38. The van der Waals surface area contributed by atoms with Crippen LogP contribution in [0, 0.1) is 5.92 Å². The number of allylic oxidation sites excluding steroid dienone is 1. The van der Waals surface area contributed by atoms with Crippen molar-refractivity contribution < 1.29 is 4.74 Å². The molecule has 0 spiro atoms. The van der Waals surface area contributed by atoms with Gasteiger partial charge in [0.15, 0.2) is 0 Å². The normalized spacial score (nSPS) is 9.91. The van der Waals surface area contributed by atoms with Crippen molar-refractivity contribution in [3.63, 3.8) is 0 Å². The molecule has 0 aliphatic carbocycles. The third kappa shape index (κ3) is 5.96. The van der Waals surface area contributed by atoms with Crippen LogP contribution in [0.1, 0.15) is 40.5 Å². The Balaban J connectivity index is 3.53. The molecule has 0 rings (SSSR count). The predicted molar refractivity (Wildman–Crippen MR) is 49.5 cm³/mol. The SMILES string of the molecule is CCC(=COCC(C)C)CC. The molecule has 11 heavy (non-hydrogen) atoms. The summed E-state index contributed by atoms with van der Waals surface area (Å²) in [5.74, 6) is 0.626. The standard InChI is InChI=1S/C10H20O/c1-5-10(6-2)8-11-7-9(3)4/h8-9H,5-7H2,1-4H3. The van der Waals surface area contributed by atoms with E-state index in [1.54, 1.807) is 0 Å². The van der Waals surface area contributed by atoms with E-state index in [1.807, 2.05) is 6.26 Å². The maximum Gasteiger partial charge on any atom is 0.0896 e. The first-order chi connectivity index (χ1) is 5.20. The van der Waals surface area contributed by atoms with Crippen LogP contribution in [0.5, 0.6) is 0 Å². The Morgan fingerprint density at radius 2 is 1.82 bits per heavy atom. The second kappa shape index (κ2) is 6.26. The van der Waals surface area contributed by atoms with Crippen molar-refractivity contribution in [2.24, 2.45) is 5.92 Å². The fraction of sp³-hybridized carbons (Fsp3) is 0.800. The first-order valence-corrected chi connectivity index (χ1v) is 4.50. The van der Waals surface area contributed by atoms with Gasteiger partial charge in [0.25, 0.3) is 0 Å². The van der Waals surface area contributed by atoms with E-state index in [0.29, 0.717) is 5.92 Å². The highest BCUT2D eigenvalue weighted by atomic mass is 16.5. The van der Waals surface area contributed by atoms with E-state index in [4.69, 9.17) is 4.74 Å². The Hall–Kier alpha value is -0.460. The Morgan fingerprint density at radius 3 is 2.18 bits per heavy atom. The lowest BCUT2D eigenvalue weighted by molar-refractivity contribution is 0.208. The maximum absolute atomic E-state index is 5.38. The third-order valence-electron chi connectivity index (χ3n) is 1.59. The van der Waals surface area contributed by atoms with Gasteiger partial charge in [0.1, 0.15) is 0 Å². The highest BCUT2D eigenvalue weighted by Crippen LogP contribution is 2.05. The Bertz CT molecular complexity index is 108. The number of ether oxygens (including phenoxy) is 1. The molecule has 0 aromatic rings. The smallest absolute Gasteiger partial charge is 0.0896 e. The molecule has 0 aliphatic rings. The van der Waals surface area contributed by atoms with Crippen molar-refractivity contribution in [2.75, 3.05) is 6.61 Å². The van der Waals surface area contributed by atoms with E-state index in [1.165, 1.54) is 5.57 Å². The summed E-state index contributed by atoms with van der Waals surface area (Å²) in [6.07, 6.45) is 4.13. The Kier molecular flexibility index (Phi) is 6.00. The van der Waals surface area contributed by atoms with Crippen LogP contribution in [-0.2, 0) is 4.74 Å². The van der Waals surface area contributed by atoms with E-state index in [9.17, 15) is 0 Å². The van der Waals surface area contributed by atoms with Crippen molar-refractivity contribution in [1.82, 2.24) is 0 Å². The zero-order valence-electron chi connectivity index (χ0n) is 8.18. The minimum absolute atomic E-state index is 0.626. The molecule has 0 aliphatic heterocycles. The van der Waals surface area contributed by atoms with E-state index in [2.05, 4.69) is 27.7 Å². The van der Waals surface area contributed by atoms with Gasteiger partial charge in [0.05, 0.1) is 12.9 Å². The molecule has 0 saturated heterocycles. The molecular weight excluding hydrogens is 136 g/mol. The van der Waals surface area contributed by atoms with Crippen LogP contribution in [0.2, 0.25) is 0 Å². The average Bonchev–Trinajstić information content (AvgIpc) is 1.98. The van der Waals surface area contributed by atoms with E-state index >= 15 is 0 Å². The van der Waals surface area contributed by atoms with E-state index in [0.717, 1.165) is 19.4 Å². The summed E-state index contributed by atoms with van der Waals surface area (Å²) in [7, 11) is 0. The maximum atomic E-state index is 5.38. The molecule has 0 amide bonds. The van der Waals surface area contributed by atoms with Crippen LogP contribution < -0.4 is 0 Å². The highest BCUT2D eigenvalue weighted by Gasteiger charge is 1.92. The summed E-state index contributed by atoms with van der Waals surface area (Å²) in [4.78, 5) is 0. The Labute approximate surface area is 70.4 Å². The topological polar surface area (TPSA) is 9.23 Å². The van der Waals surface area contributed by atoms with Crippen LogP contribution in [0.4, 0.5) is 0 Å². The van der Waals surface area contributed by atoms with Crippen LogP contribution in [-0.4, -0.2) is 6.61 Å². The van der Waals surface area contributed by atoms with Crippen molar-refractivity contribution in [1.29, 1.82) is 0 Å². The fourth-order valence-corrected chi connectivity index (χ4v) is 0.775. The van der Waals surface area contributed by atoms with Crippen LogP contribution in [0.25, 0.3) is 0 Å². The summed E-state index contributed by atoms with van der Waals surface area (Å²) in [6, 6.07) is 0. The lowest BCUT2D eigenvalue weighted by Gasteiger charge is -2.05. The Morgan fingerprint density at radius 1 is 1.27 bits per heavy atom. The molecule has 1 heteroatoms. The minimum atomic E-state index is 0.626. The van der Waals surface area contributed by atoms with E-state index in [-0.39, 0.29) is 0 Å². The first-order valence-electron chi connectivity index (χ1n) is 4.50. The summed E-state index contributed by atoms with van der Waals surface area (Å²) in [6.45, 7) is 9.47. The zero-order valence-corrected chi connectivity index (χ0v) is 8.18. The van der Waals surface area contributed by atoms with Gasteiger partial charge in [-0.2, -0.15) is 0 Å². The molecule has 0 bridgehead atoms. The number of hydrogen-bond acceptors (Lipinski definition) is 1. The number of hydrogen-bond donors (Lipinski definition) is 0. The van der Waals surface area contributed by atoms with Crippen molar-refractivity contribution >= 4 is 0 Å². The zero-order chi connectivity index (χ0) is 8.69. The van der Waals surface area contributed by atoms with Gasteiger partial charge in [0.2, 0.25) is 0 Å². The largest absolute Gasteiger partial charge is 0.501 e. The van der Waals surface area contributed by atoms with Gasteiger partial charge >= 0.3 is 0 Å². The monoisotopic (exact) mass is 156 g/mol. The second-order valence-corrected chi connectivity index (χ2v) is 3.21. The van der Waals surface area contributed by atoms with Gasteiger partial charge in [0, 0.05) is 0 Å². The molecule has 0 fully saturated rings. The summed E-state index contributed by atoms with van der Waals surface area (Å²) in [5, 5.41) is 0. The van der Waals surface area contributed by atoms with Crippen LogP contribution in [0.3, 0.4) is 0 Å². The minimum Gasteiger partial charge on any atom is -0.501 e. The van der Waals surface area contributed by atoms with Gasteiger partial charge in [-0.25, -0.2) is 0 Å². The van der Waals surface area contributed by atoms with Crippen molar-refractivity contribution in [3.05, 3.63) is 11.8 Å². The molecule has 0 N–H and O–H groups in total.